The smallest absolute Gasteiger partial charge is 0.123 e. The highest BCUT2D eigenvalue weighted by molar-refractivity contribution is 6.30. The second-order valence-corrected chi connectivity index (χ2v) is 32.6. The van der Waals surface area contributed by atoms with Crippen molar-refractivity contribution in [2.75, 3.05) is 54.0 Å². The number of fused-ring (bicyclic) bond motifs is 1. The topological polar surface area (TPSA) is 77.1 Å². The maximum atomic E-state index is 13.5. The SMILES string of the molecule is CC(C)Oc1ccc(CCCCC(c2ccc(F)cc2)c2ccc(OC(C)C)cc2)cc1.COc1ccc(C(CCCCc2ccc(N(C)C)cc2)c2ccccc2OC)cc1.COc1ccccc1C(CCCCc1ccc2c(c1)CCO2)c1ccc(Cl)cc1.COc1ccccc1C(CCCCc1ccccc1)c1ccc(OC(C)C)cc1. The summed E-state index contributed by atoms with van der Waals surface area (Å²) in [6.45, 7) is 13.1. The molecule has 1 heterocycles. The molecule has 4 atom stereocenters. The molecular formula is C109H127ClFNO8. The molecule has 630 valence electrons. The first kappa shape index (κ1) is 91.4. The Labute approximate surface area is 722 Å². The van der Waals surface area contributed by atoms with Crippen molar-refractivity contribution in [2.45, 2.75) is 193 Å². The standard InChI is InChI=1S/C29H35FO2.C27H33NO2.C27H32O2.C26H27ClO2/c1-21(2)31-27-17-9-23(10-18-27)7-5-6-8-29(24-11-15-26(30)16-12-24)25-13-19-28(20-14-25)32-22(3)4;1-28(2)23-17-13-21(14-18-23)9-5-6-10-25(22-15-19-24(29-3)20-16-22)26-11-7-8-12-27(26)30-4;1-21(2)29-24-19-17-23(18-20-24)25(26-15-9-10-16-27(26)28-3)14-8-7-13-22-11-5-4-6-12-22;1-28-26-9-5-4-8-24(26)23(20-11-13-22(27)14-12-20)7-3-2-6-19-10-15-25-21(18-19)16-17-29-25/h9-22,29H,5-8H2,1-4H3;7-8,11-20,25H,5-6,9-10H2,1-4H3;4-6,9-12,15-21,25H,7-8,13-14H2,1-3H3;4-5,8-15,18,23H,2-3,6-7,16-17H2,1H3. The first-order chi connectivity index (χ1) is 58.4. The maximum absolute atomic E-state index is 13.5. The van der Waals surface area contributed by atoms with Crippen molar-refractivity contribution >= 4 is 17.3 Å². The highest BCUT2D eigenvalue weighted by Gasteiger charge is 2.23. The van der Waals surface area contributed by atoms with Crippen LogP contribution in [-0.4, -0.2) is 67.5 Å². The summed E-state index contributed by atoms with van der Waals surface area (Å²) in [5.74, 6) is 8.51. The minimum absolute atomic E-state index is 0.153. The Balaban J connectivity index is 0.000000168. The van der Waals surface area contributed by atoms with E-state index in [1.165, 1.54) is 98.1 Å². The van der Waals surface area contributed by atoms with Crippen LogP contribution in [0.3, 0.4) is 0 Å². The second-order valence-electron chi connectivity index (χ2n) is 32.2. The van der Waals surface area contributed by atoms with E-state index in [1.807, 2.05) is 100 Å². The third-order valence-corrected chi connectivity index (χ3v) is 22.3. The number of halogens is 2. The van der Waals surface area contributed by atoms with E-state index in [-0.39, 0.29) is 30.0 Å². The Morgan fingerprint density at radius 1 is 0.333 bits per heavy atom. The van der Waals surface area contributed by atoms with E-state index in [0.29, 0.717) is 17.8 Å². The van der Waals surface area contributed by atoms with Gasteiger partial charge in [0.2, 0.25) is 0 Å². The number of anilines is 1. The number of para-hydroxylation sites is 3. The lowest BCUT2D eigenvalue weighted by Crippen LogP contribution is -2.08. The Morgan fingerprint density at radius 3 is 1.05 bits per heavy atom. The zero-order chi connectivity index (χ0) is 84.8. The highest BCUT2D eigenvalue weighted by Crippen LogP contribution is 2.41. The van der Waals surface area contributed by atoms with Crippen molar-refractivity contribution in [2.24, 2.45) is 0 Å². The molecule has 1 aliphatic heterocycles. The number of hydrogen-bond acceptors (Lipinski definition) is 9. The summed E-state index contributed by atoms with van der Waals surface area (Å²) < 4.78 is 58.8. The van der Waals surface area contributed by atoms with Gasteiger partial charge in [-0.1, -0.05) is 219 Å². The fraction of sp³-hybridized carbons (Fsp3) is 0.339. The van der Waals surface area contributed by atoms with E-state index in [4.69, 9.17) is 49.5 Å². The summed E-state index contributed by atoms with van der Waals surface area (Å²) in [5.41, 5.74) is 18.2. The van der Waals surface area contributed by atoms with Crippen LogP contribution in [0.4, 0.5) is 10.1 Å². The van der Waals surface area contributed by atoms with Gasteiger partial charge >= 0.3 is 0 Å². The van der Waals surface area contributed by atoms with E-state index < -0.39 is 0 Å². The lowest BCUT2D eigenvalue weighted by Gasteiger charge is -2.21. The molecule has 0 amide bonds. The molecule has 0 spiro atoms. The van der Waals surface area contributed by atoms with Crippen molar-refractivity contribution in [3.8, 4) is 46.0 Å². The number of nitrogens with zero attached hydrogens (tertiary/aromatic N) is 1. The van der Waals surface area contributed by atoms with Crippen LogP contribution in [0.1, 0.15) is 215 Å². The third-order valence-electron chi connectivity index (χ3n) is 22.1. The van der Waals surface area contributed by atoms with Crippen molar-refractivity contribution in [1.29, 1.82) is 0 Å². The van der Waals surface area contributed by atoms with Crippen LogP contribution in [-0.2, 0) is 32.1 Å². The van der Waals surface area contributed by atoms with Gasteiger partial charge in [-0.2, -0.15) is 0 Å². The highest BCUT2D eigenvalue weighted by atomic mass is 35.5. The quantitative estimate of drug-likeness (QED) is 0.0350. The predicted molar refractivity (Wildman–Crippen MR) is 497 cm³/mol. The molecule has 0 N–H and O–H groups in total. The van der Waals surface area contributed by atoms with E-state index in [1.54, 1.807) is 40.6 Å². The van der Waals surface area contributed by atoms with E-state index in [0.717, 1.165) is 147 Å². The fourth-order valence-electron chi connectivity index (χ4n) is 15.9. The summed E-state index contributed by atoms with van der Waals surface area (Å²) >= 11 is 6.12. The zero-order valence-electron chi connectivity index (χ0n) is 73.0. The number of hydrogen-bond donors (Lipinski definition) is 0. The first-order valence-corrected chi connectivity index (χ1v) is 43.7. The molecule has 12 aromatic rings. The van der Waals surface area contributed by atoms with Gasteiger partial charge in [-0.05, 0) is 283 Å². The Kier molecular flexibility index (Phi) is 37.3. The normalized spacial score (nSPS) is 12.4. The minimum atomic E-state index is -0.196. The Bertz CT molecular complexity index is 4880. The third kappa shape index (κ3) is 29.2. The molecule has 11 heteroatoms. The van der Waals surface area contributed by atoms with Gasteiger partial charge in [-0.15, -0.1) is 0 Å². The molecule has 0 saturated heterocycles. The van der Waals surface area contributed by atoms with Gasteiger partial charge < -0.3 is 42.8 Å². The van der Waals surface area contributed by atoms with Crippen LogP contribution in [0.25, 0.3) is 0 Å². The molecular weight excluding hydrogens is 1510 g/mol. The Hall–Kier alpha value is -10.9. The molecule has 0 aliphatic carbocycles. The number of methoxy groups -OCH3 is 4. The monoisotopic (exact) mass is 1630 g/mol. The number of rotatable bonds is 39. The van der Waals surface area contributed by atoms with Gasteiger partial charge in [0.1, 0.15) is 51.8 Å². The van der Waals surface area contributed by atoms with E-state index >= 15 is 0 Å². The van der Waals surface area contributed by atoms with Crippen molar-refractivity contribution < 1.29 is 42.3 Å². The molecule has 4 unspecified atom stereocenters. The zero-order valence-corrected chi connectivity index (χ0v) is 73.7. The van der Waals surface area contributed by atoms with Crippen molar-refractivity contribution in [1.82, 2.24) is 0 Å². The molecule has 0 saturated carbocycles. The predicted octanol–water partition coefficient (Wildman–Crippen LogP) is 28.1. The number of aryl methyl sites for hydroxylation is 4. The van der Waals surface area contributed by atoms with Gasteiger partial charge in [0.15, 0.2) is 0 Å². The van der Waals surface area contributed by atoms with Crippen LogP contribution in [0.5, 0.6) is 46.0 Å². The van der Waals surface area contributed by atoms with Gasteiger partial charge in [-0.25, -0.2) is 4.39 Å². The molecule has 1 aliphatic rings. The maximum Gasteiger partial charge on any atom is 0.123 e. The molecule has 0 aromatic heterocycles. The van der Waals surface area contributed by atoms with Crippen molar-refractivity contribution in [3.05, 3.63) is 374 Å². The number of ether oxygens (including phenoxy) is 8. The summed E-state index contributed by atoms with van der Waals surface area (Å²) in [4.78, 5) is 2.14. The summed E-state index contributed by atoms with van der Waals surface area (Å²) in [7, 11) is 11.1. The fourth-order valence-corrected chi connectivity index (χ4v) is 16.1. The average Bonchev–Trinajstić information content (AvgIpc) is 1.05. The summed E-state index contributed by atoms with van der Waals surface area (Å²) in [5, 5.41) is 0.771. The second kappa shape index (κ2) is 49.0. The molecule has 0 bridgehead atoms. The summed E-state index contributed by atoms with van der Waals surface area (Å²) in [6.07, 6.45) is 19.4. The van der Waals surface area contributed by atoms with Crippen LogP contribution >= 0.6 is 11.6 Å². The molecule has 120 heavy (non-hydrogen) atoms. The molecule has 9 nitrogen and oxygen atoms in total. The van der Waals surface area contributed by atoms with Gasteiger partial charge in [0.25, 0.3) is 0 Å². The van der Waals surface area contributed by atoms with Crippen LogP contribution < -0.4 is 42.8 Å². The van der Waals surface area contributed by atoms with E-state index in [2.05, 4.69) is 239 Å². The average molecular weight is 1630 g/mol. The molecule has 12 aromatic carbocycles. The summed E-state index contributed by atoms with van der Waals surface area (Å²) in [6, 6.07) is 100. The van der Waals surface area contributed by atoms with Crippen LogP contribution in [0.15, 0.2) is 291 Å². The Morgan fingerprint density at radius 2 is 0.658 bits per heavy atom. The van der Waals surface area contributed by atoms with Gasteiger partial charge in [0.05, 0.1) is 53.4 Å². The molecule has 0 radical (unpaired) electrons. The lowest BCUT2D eigenvalue weighted by atomic mass is 9.86. The lowest BCUT2D eigenvalue weighted by molar-refractivity contribution is 0.242. The number of unbranched alkanes of at least 4 members (excludes halogenated alkanes) is 4. The molecule has 0 fully saturated rings. The first-order valence-electron chi connectivity index (χ1n) is 43.3. The van der Waals surface area contributed by atoms with Crippen molar-refractivity contribution in [3.63, 3.8) is 0 Å². The number of benzene rings is 12. The minimum Gasteiger partial charge on any atom is -0.497 e. The molecule has 13 rings (SSSR count). The van der Waals surface area contributed by atoms with Crippen LogP contribution in [0.2, 0.25) is 5.02 Å². The van der Waals surface area contributed by atoms with E-state index in [9.17, 15) is 4.39 Å². The van der Waals surface area contributed by atoms with Gasteiger partial charge in [0, 0.05) is 71.6 Å². The van der Waals surface area contributed by atoms with Crippen LogP contribution in [0, 0.1) is 5.82 Å². The largest absolute Gasteiger partial charge is 0.497 e. The van der Waals surface area contributed by atoms with Gasteiger partial charge in [-0.3, -0.25) is 0 Å².